The van der Waals surface area contributed by atoms with Gasteiger partial charge in [-0.3, -0.25) is 19.7 Å². The number of nitro groups is 1. The number of nitro benzene ring substituents is 1. The van der Waals surface area contributed by atoms with E-state index < -0.39 is 4.92 Å². The van der Waals surface area contributed by atoms with Gasteiger partial charge < -0.3 is 10.6 Å². The van der Waals surface area contributed by atoms with Gasteiger partial charge in [-0.2, -0.15) is 0 Å². The summed E-state index contributed by atoms with van der Waals surface area (Å²) in [6.45, 7) is 7.30. The van der Waals surface area contributed by atoms with E-state index in [9.17, 15) is 19.7 Å². The van der Waals surface area contributed by atoms with E-state index in [0.717, 1.165) is 5.69 Å². The van der Waals surface area contributed by atoms with Crippen LogP contribution in [0.3, 0.4) is 0 Å². The summed E-state index contributed by atoms with van der Waals surface area (Å²) in [5, 5.41) is 15.8. The molecule has 0 atom stereocenters. The molecule has 0 radical (unpaired) electrons. The molecule has 0 fully saturated rings. The van der Waals surface area contributed by atoms with Crippen molar-refractivity contribution in [2.45, 2.75) is 27.7 Å². The van der Waals surface area contributed by atoms with Crippen molar-refractivity contribution in [2.24, 2.45) is 11.8 Å². The molecule has 2 rings (SSSR count). The van der Waals surface area contributed by atoms with Crippen LogP contribution in [-0.4, -0.2) is 16.7 Å². The molecular formula is C20H25N3O4. The zero-order valence-electron chi connectivity index (χ0n) is 15.9. The first-order valence-electron chi connectivity index (χ1n) is 8.62. The SMILES string of the molecule is CC(C)C(=O)Nc1ccc([N+](=O)[O-])cc1.CC(C)C(=O)Nc1ccccc1. The van der Waals surface area contributed by atoms with E-state index in [1.807, 2.05) is 44.2 Å². The Morgan fingerprint density at radius 1 is 0.778 bits per heavy atom. The Labute approximate surface area is 158 Å². The minimum Gasteiger partial charge on any atom is -0.326 e. The van der Waals surface area contributed by atoms with Crippen LogP contribution in [0.25, 0.3) is 0 Å². The number of nitrogens with one attached hydrogen (secondary N) is 2. The van der Waals surface area contributed by atoms with Gasteiger partial charge >= 0.3 is 0 Å². The summed E-state index contributed by atoms with van der Waals surface area (Å²) in [7, 11) is 0. The lowest BCUT2D eigenvalue weighted by molar-refractivity contribution is -0.384. The molecule has 27 heavy (non-hydrogen) atoms. The van der Waals surface area contributed by atoms with Crippen molar-refractivity contribution in [1.82, 2.24) is 0 Å². The fourth-order valence-corrected chi connectivity index (χ4v) is 1.76. The van der Waals surface area contributed by atoms with Gasteiger partial charge in [0.2, 0.25) is 11.8 Å². The molecule has 7 heteroatoms. The third-order valence-electron chi connectivity index (χ3n) is 3.44. The molecule has 0 saturated heterocycles. The summed E-state index contributed by atoms with van der Waals surface area (Å²) in [6, 6.07) is 15.2. The average Bonchev–Trinajstić information content (AvgIpc) is 2.63. The number of carbonyl (C=O) groups excluding carboxylic acids is 2. The number of amides is 2. The van der Waals surface area contributed by atoms with Crippen LogP contribution in [0.15, 0.2) is 54.6 Å². The number of benzene rings is 2. The number of non-ortho nitro benzene ring substituents is 1. The smallest absolute Gasteiger partial charge is 0.269 e. The highest BCUT2D eigenvalue weighted by Gasteiger charge is 2.08. The maximum absolute atomic E-state index is 11.3. The Morgan fingerprint density at radius 2 is 1.19 bits per heavy atom. The first-order chi connectivity index (χ1) is 12.7. The van der Waals surface area contributed by atoms with Crippen molar-refractivity contribution >= 4 is 28.9 Å². The van der Waals surface area contributed by atoms with Crippen LogP contribution in [0.2, 0.25) is 0 Å². The molecule has 0 aliphatic carbocycles. The number of nitrogens with zero attached hydrogens (tertiary/aromatic N) is 1. The molecule has 0 aliphatic heterocycles. The molecule has 2 aromatic rings. The Balaban J connectivity index is 0.000000277. The molecule has 0 saturated carbocycles. The van der Waals surface area contributed by atoms with E-state index in [-0.39, 0.29) is 29.3 Å². The lowest BCUT2D eigenvalue weighted by Gasteiger charge is -2.06. The van der Waals surface area contributed by atoms with Crippen molar-refractivity contribution in [3.63, 3.8) is 0 Å². The molecule has 0 aromatic heterocycles. The molecule has 0 aliphatic rings. The zero-order chi connectivity index (χ0) is 20.4. The van der Waals surface area contributed by atoms with Crippen molar-refractivity contribution in [3.8, 4) is 0 Å². The van der Waals surface area contributed by atoms with Gasteiger partial charge in [-0.1, -0.05) is 45.9 Å². The molecular weight excluding hydrogens is 346 g/mol. The maximum Gasteiger partial charge on any atom is 0.269 e. The van der Waals surface area contributed by atoms with Gasteiger partial charge in [0.25, 0.3) is 5.69 Å². The van der Waals surface area contributed by atoms with Crippen LogP contribution < -0.4 is 10.6 Å². The first-order valence-corrected chi connectivity index (χ1v) is 8.62. The Hall–Kier alpha value is -3.22. The lowest BCUT2D eigenvalue weighted by Crippen LogP contribution is -2.17. The van der Waals surface area contributed by atoms with E-state index in [1.54, 1.807) is 13.8 Å². The van der Waals surface area contributed by atoms with E-state index in [2.05, 4.69) is 10.6 Å². The number of anilines is 2. The van der Waals surface area contributed by atoms with Crippen LogP contribution in [0.1, 0.15) is 27.7 Å². The van der Waals surface area contributed by atoms with Crippen LogP contribution in [0, 0.1) is 22.0 Å². The molecule has 7 nitrogen and oxygen atoms in total. The lowest BCUT2D eigenvalue weighted by atomic mass is 10.2. The zero-order valence-corrected chi connectivity index (χ0v) is 15.9. The van der Waals surface area contributed by atoms with Gasteiger partial charge in [0, 0.05) is 35.3 Å². The van der Waals surface area contributed by atoms with Gasteiger partial charge in [0.05, 0.1) is 4.92 Å². The predicted octanol–water partition coefficient (Wildman–Crippen LogP) is 4.47. The van der Waals surface area contributed by atoms with Crippen molar-refractivity contribution in [3.05, 3.63) is 64.7 Å². The van der Waals surface area contributed by atoms with E-state index in [0.29, 0.717) is 5.69 Å². The quantitative estimate of drug-likeness (QED) is 0.598. The Bertz CT molecular complexity index is 757. The summed E-state index contributed by atoms with van der Waals surface area (Å²) >= 11 is 0. The number of para-hydroxylation sites is 1. The second-order valence-electron chi connectivity index (χ2n) is 6.46. The van der Waals surface area contributed by atoms with Crippen molar-refractivity contribution in [2.75, 3.05) is 10.6 Å². The summed E-state index contributed by atoms with van der Waals surface area (Å²) in [6.07, 6.45) is 0. The third-order valence-corrected chi connectivity index (χ3v) is 3.44. The summed E-state index contributed by atoms with van der Waals surface area (Å²) < 4.78 is 0. The van der Waals surface area contributed by atoms with Gasteiger partial charge in [0.15, 0.2) is 0 Å². The van der Waals surface area contributed by atoms with Crippen LogP contribution >= 0.6 is 0 Å². The van der Waals surface area contributed by atoms with Crippen LogP contribution in [0.4, 0.5) is 17.1 Å². The molecule has 2 N–H and O–H groups in total. The second-order valence-corrected chi connectivity index (χ2v) is 6.46. The first kappa shape index (κ1) is 21.8. The van der Waals surface area contributed by atoms with E-state index >= 15 is 0 Å². The highest BCUT2D eigenvalue weighted by Crippen LogP contribution is 2.15. The highest BCUT2D eigenvalue weighted by molar-refractivity contribution is 5.92. The van der Waals surface area contributed by atoms with Crippen molar-refractivity contribution in [1.29, 1.82) is 0 Å². The normalized spacial score (nSPS) is 10.0. The minimum absolute atomic E-state index is 0.0116. The van der Waals surface area contributed by atoms with Gasteiger partial charge in [-0.15, -0.1) is 0 Å². The topological polar surface area (TPSA) is 101 Å². The monoisotopic (exact) mass is 371 g/mol. The fourth-order valence-electron chi connectivity index (χ4n) is 1.76. The standard InChI is InChI=1S/C10H12N2O3.C10H13NO/c1-7(2)10(13)11-8-3-5-9(6-4-8)12(14)15;1-8(2)10(12)11-9-6-4-3-5-7-9/h3-7H,1-2H3,(H,11,13);3-8H,1-2H3,(H,11,12). The summed E-state index contributed by atoms with van der Waals surface area (Å²) in [4.78, 5) is 32.4. The highest BCUT2D eigenvalue weighted by atomic mass is 16.6. The fraction of sp³-hybridized carbons (Fsp3) is 0.300. The predicted molar refractivity (Wildman–Crippen MR) is 106 cm³/mol. The largest absolute Gasteiger partial charge is 0.326 e. The second kappa shape index (κ2) is 10.7. The van der Waals surface area contributed by atoms with E-state index in [1.165, 1.54) is 24.3 Å². The average molecular weight is 371 g/mol. The number of hydrogen-bond donors (Lipinski definition) is 2. The molecule has 0 heterocycles. The molecule has 2 amide bonds. The molecule has 0 unspecified atom stereocenters. The van der Waals surface area contributed by atoms with Gasteiger partial charge in [0.1, 0.15) is 0 Å². The number of rotatable bonds is 5. The molecule has 144 valence electrons. The van der Waals surface area contributed by atoms with Gasteiger partial charge in [-0.25, -0.2) is 0 Å². The van der Waals surface area contributed by atoms with Gasteiger partial charge in [-0.05, 0) is 24.3 Å². The van der Waals surface area contributed by atoms with Crippen molar-refractivity contribution < 1.29 is 14.5 Å². The summed E-state index contributed by atoms with van der Waals surface area (Å²) in [5.74, 6) is -0.129. The number of hydrogen-bond acceptors (Lipinski definition) is 4. The minimum atomic E-state index is -0.478. The third kappa shape index (κ3) is 8.13. The molecule has 0 bridgehead atoms. The Kier molecular flexibility index (Phi) is 8.65. The Morgan fingerprint density at radius 3 is 1.56 bits per heavy atom. The van der Waals surface area contributed by atoms with Crippen LogP contribution in [0.5, 0.6) is 0 Å². The number of carbonyl (C=O) groups is 2. The van der Waals surface area contributed by atoms with E-state index in [4.69, 9.17) is 0 Å². The summed E-state index contributed by atoms with van der Waals surface area (Å²) in [5.41, 5.74) is 1.44. The molecule has 0 spiro atoms. The molecule has 2 aromatic carbocycles. The van der Waals surface area contributed by atoms with Crippen LogP contribution in [-0.2, 0) is 9.59 Å². The maximum atomic E-state index is 11.3.